The Morgan fingerprint density at radius 2 is 1.00 bits per heavy atom. The lowest BCUT2D eigenvalue weighted by Crippen LogP contribution is -2.44. The van der Waals surface area contributed by atoms with Crippen molar-refractivity contribution in [3.8, 4) is 0 Å². The molecule has 14 heteroatoms. The quantitative estimate of drug-likeness (QED) is 0.135. The van der Waals surface area contributed by atoms with E-state index in [1.807, 2.05) is 12.1 Å². The van der Waals surface area contributed by atoms with Crippen molar-refractivity contribution in [1.82, 2.24) is 14.9 Å². The van der Waals surface area contributed by atoms with E-state index >= 15 is 0 Å². The Balaban J connectivity index is 0.000000219. The van der Waals surface area contributed by atoms with E-state index in [0.29, 0.717) is 44.2 Å². The molecule has 1 fully saturated rings. The fraction of sp³-hybridized carbons (Fsp3) is 0.163. The summed E-state index contributed by atoms with van der Waals surface area (Å²) in [4.78, 5) is 42.6. The molecule has 0 bridgehead atoms. The van der Waals surface area contributed by atoms with Gasteiger partial charge in [-0.2, -0.15) is 0 Å². The fourth-order valence-corrected chi connectivity index (χ4v) is 6.26. The van der Waals surface area contributed by atoms with Crippen LogP contribution in [0.4, 0.5) is 26.0 Å². The maximum Gasteiger partial charge on any atom is 0.258 e. The number of carbonyl (C=O) groups excluding carboxylic acids is 2. The lowest BCUT2D eigenvalue weighted by Gasteiger charge is -2.33. The SMILES string of the molecule is CN1CCN(c2ccc(CN(C(=O)c3ccc(Cl)cc3)c3ccc(F)cc3)cn2)CC1.Cl.O=C(c1ccc(Cl)cc1)N(Cc1ccc(Cl)nc1)c1ccc(F)cc1. The number of pyridine rings is 2. The predicted molar refractivity (Wildman–Crippen MR) is 227 cm³/mol. The topological polar surface area (TPSA) is 72.9 Å². The first-order valence-corrected chi connectivity index (χ1v) is 18.8. The van der Waals surface area contributed by atoms with Crippen molar-refractivity contribution in [2.24, 2.45) is 0 Å². The third-order valence-electron chi connectivity index (χ3n) is 9.06. The second-order valence-electron chi connectivity index (χ2n) is 13.1. The summed E-state index contributed by atoms with van der Waals surface area (Å²) in [6.07, 6.45) is 3.41. The van der Waals surface area contributed by atoms with Gasteiger partial charge in [0.2, 0.25) is 0 Å². The molecule has 2 aromatic heterocycles. The molecular weight excluding hydrogens is 812 g/mol. The van der Waals surface area contributed by atoms with E-state index in [1.54, 1.807) is 107 Å². The van der Waals surface area contributed by atoms with E-state index in [9.17, 15) is 18.4 Å². The average Bonchev–Trinajstić information content (AvgIpc) is 3.21. The molecule has 57 heavy (non-hydrogen) atoms. The van der Waals surface area contributed by atoms with Gasteiger partial charge in [-0.15, -0.1) is 12.4 Å². The number of aromatic nitrogens is 2. The van der Waals surface area contributed by atoms with Crippen molar-refractivity contribution in [3.05, 3.63) is 183 Å². The number of nitrogens with zero attached hydrogens (tertiary/aromatic N) is 6. The lowest BCUT2D eigenvalue weighted by molar-refractivity contribution is 0.0977. The number of halogens is 6. The van der Waals surface area contributed by atoms with Crippen molar-refractivity contribution in [2.75, 3.05) is 47.9 Å². The number of benzene rings is 4. The number of hydrogen-bond donors (Lipinski definition) is 0. The Kier molecular flexibility index (Phi) is 15.4. The summed E-state index contributed by atoms with van der Waals surface area (Å²) >= 11 is 17.7. The molecule has 0 saturated carbocycles. The van der Waals surface area contributed by atoms with Crippen LogP contribution in [0.2, 0.25) is 15.2 Å². The van der Waals surface area contributed by atoms with Crippen LogP contribution in [-0.4, -0.2) is 59.9 Å². The van der Waals surface area contributed by atoms with Crippen molar-refractivity contribution < 1.29 is 18.4 Å². The largest absolute Gasteiger partial charge is 0.354 e. The van der Waals surface area contributed by atoms with Gasteiger partial charge in [0.1, 0.15) is 22.6 Å². The van der Waals surface area contributed by atoms with Gasteiger partial charge in [0, 0.05) is 71.1 Å². The van der Waals surface area contributed by atoms with Gasteiger partial charge in [-0.05, 0) is 127 Å². The van der Waals surface area contributed by atoms with Gasteiger partial charge in [-0.25, -0.2) is 18.7 Å². The highest BCUT2D eigenvalue weighted by atomic mass is 35.5. The molecule has 0 spiro atoms. The van der Waals surface area contributed by atoms with Crippen molar-refractivity contribution >= 4 is 76.2 Å². The zero-order valence-electron chi connectivity index (χ0n) is 30.7. The molecule has 0 N–H and O–H groups in total. The third-order valence-corrected chi connectivity index (χ3v) is 9.78. The van der Waals surface area contributed by atoms with E-state index in [0.717, 1.165) is 43.1 Å². The molecule has 1 aliphatic heterocycles. The molecule has 0 radical (unpaired) electrons. The van der Waals surface area contributed by atoms with Gasteiger partial charge in [-0.3, -0.25) is 9.59 Å². The van der Waals surface area contributed by atoms with Crippen LogP contribution in [0.5, 0.6) is 0 Å². The molecule has 2 amide bonds. The number of hydrogen-bond acceptors (Lipinski definition) is 6. The molecule has 3 heterocycles. The van der Waals surface area contributed by atoms with Crippen LogP contribution in [0.3, 0.4) is 0 Å². The van der Waals surface area contributed by atoms with Crippen LogP contribution in [0.15, 0.2) is 134 Å². The molecule has 6 aromatic rings. The minimum absolute atomic E-state index is 0. The number of amides is 2. The van der Waals surface area contributed by atoms with E-state index < -0.39 is 0 Å². The van der Waals surface area contributed by atoms with Crippen LogP contribution < -0.4 is 14.7 Å². The molecule has 294 valence electrons. The van der Waals surface area contributed by atoms with Gasteiger partial charge < -0.3 is 19.6 Å². The summed E-state index contributed by atoms with van der Waals surface area (Å²) in [5, 5.41) is 1.49. The molecule has 7 rings (SSSR count). The smallest absolute Gasteiger partial charge is 0.258 e. The van der Waals surface area contributed by atoms with E-state index in [2.05, 4.69) is 26.8 Å². The summed E-state index contributed by atoms with van der Waals surface area (Å²) < 4.78 is 26.7. The Morgan fingerprint density at radius 1 is 0.579 bits per heavy atom. The second-order valence-corrected chi connectivity index (χ2v) is 14.3. The number of rotatable bonds is 9. The van der Waals surface area contributed by atoms with E-state index in [-0.39, 0.29) is 42.4 Å². The molecule has 0 aliphatic carbocycles. The van der Waals surface area contributed by atoms with Crippen molar-refractivity contribution in [3.63, 3.8) is 0 Å². The number of carbonyl (C=O) groups is 2. The standard InChI is InChI=1S/C24H24ClFN4O.C19H13Cl2FN2O.ClH/c1-28-12-14-29(15-13-28)23-11-2-18(16-27-23)17-30(22-9-7-21(26)8-10-22)24(31)19-3-5-20(25)6-4-19;20-15-4-2-14(3-5-15)19(25)24(17-8-6-16(22)7-9-17)12-13-1-10-18(21)23-11-13;/h2-11,16H,12-15,17H2,1H3;1-11H,12H2;1H. The minimum Gasteiger partial charge on any atom is -0.354 e. The van der Waals surface area contributed by atoms with Crippen molar-refractivity contribution in [1.29, 1.82) is 0 Å². The molecule has 8 nitrogen and oxygen atoms in total. The van der Waals surface area contributed by atoms with Crippen LogP contribution in [0.1, 0.15) is 31.8 Å². The highest BCUT2D eigenvalue weighted by molar-refractivity contribution is 6.31. The summed E-state index contributed by atoms with van der Waals surface area (Å²) in [5.74, 6) is -0.185. The molecule has 0 atom stereocenters. The maximum absolute atomic E-state index is 13.5. The van der Waals surface area contributed by atoms with Gasteiger partial charge >= 0.3 is 0 Å². The molecule has 1 aliphatic rings. The van der Waals surface area contributed by atoms with Crippen LogP contribution in [0, 0.1) is 11.6 Å². The normalized spacial score (nSPS) is 12.5. The maximum atomic E-state index is 13.5. The van der Waals surface area contributed by atoms with Crippen molar-refractivity contribution in [2.45, 2.75) is 13.1 Å². The summed E-state index contributed by atoms with van der Waals surface area (Å²) in [5.41, 5.74) is 3.88. The van der Waals surface area contributed by atoms with Gasteiger partial charge in [0.15, 0.2) is 0 Å². The monoisotopic (exact) mass is 848 g/mol. The first-order valence-electron chi connectivity index (χ1n) is 17.7. The molecule has 1 saturated heterocycles. The predicted octanol–water partition coefficient (Wildman–Crippen LogP) is 10.3. The Labute approximate surface area is 351 Å². The fourth-order valence-electron chi connectivity index (χ4n) is 5.90. The molecule has 0 unspecified atom stereocenters. The Morgan fingerprint density at radius 3 is 1.39 bits per heavy atom. The van der Waals surface area contributed by atoms with Gasteiger partial charge in [0.25, 0.3) is 11.8 Å². The number of likely N-dealkylation sites (N-methyl/N-ethyl adjacent to an activating group) is 1. The second kappa shape index (κ2) is 20.4. The van der Waals surface area contributed by atoms with Crippen LogP contribution in [-0.2, 0) is 13.1 Å². The van der Waals surface area contributed by atoms with E-state index in [1.165, 1.54) is 24.3 Å². The highest BCUT2D eigenvalue weighted by Gasteiger charge is 2.21. The minimum atomic E-state index is -0.365. The summed E-state index contributed by atoms with van der Waals surface area (Å²) in [7, 11) is 2.12. The number of piperazine rings is 1. The third kappa shape index (κ3) is 12.0. The van der Waals surface area contributed by atoms with Gasteiger partial charge in [0.05, 0.1) is 13.1 Å². The highest BCUT2D eigenvalue weighted by Crippen LogP contribution is 2.24. The molecular formula is C43H38Cl4F2N6O2. The molecule has 4 aromatic carbocycles. The Bertz CT molecular complexity index is 2210. The zero-order chi connectivity index (χ0) is 39.6. The zero-order valence-corrected chi connectivity index (χ0v) is 33.8. The van der Waals surface area contributed by atoms with E-state index in [4.69, 9.17) is 34.8 Å². The first-order chi connectivity index (χ1) is 27.0. The first kappa shape index (κ1) is 43.0. The Hall–Kier alpha value is -5.10. The van der Waals surface area contributed by atoms with Crippen LogP contribution >= 0.6 is 47.2 Å². The summed E-state index contributed by atoms with van der Waals surface area (Å²) in [6, 6.07) is 32.5. The lowest BCUT2D eigenvalue weighted by atomic mass is 10.1. The van der Waals surface area contributed by atoms with Gasteiger partial charge in [-0.1, -0.05) is 46.9 Å². The number of anilines is 3. The summed E-state index contributed by atoms with van der Waals surface area (Å²) in [6.45, 7) is 4.51. The average molecular weight is 851 g/mol. The van der Waals surface area contributed by atoms with Crippen LogP contribution in [0.25, 0.3) is 0 Å².